The number of nitrogens with zero attached hydrogens (tertiary/aromatic N) is 2. The molecule has 140 valence electrons. The fourth-order valence-corrected chi connectivity index (χ4v) is 3.11. The van der Waals surface area contributed by atoms with E-state index >= 15 is 0 Å². The highest BCUT2D eigenvalue weighted by Gasteiger charge is 2.22. The molecule has 7 heteroatoms. The van der Waals surface area contributed by atoms with Crippen molar-refractivity contribution in [2.24, 2.45) is 0 Å². The van der Waals surface area contributed by atoms with Crippen molar-refractivity contribution in [3.63, 3.8) is 0 Å². The largest absolute Gasteiger partial charge is 0.454 e. The molecular formula is C20H19FN2O4. The van der Waals surface area contributed by atoms with Gasteiger partial charge in [0.15, 0.2) is 6.61 Å². The second-order valence-electron chi connectivity index (χ2n) is 6.30. The smallest absolute Gasteiger partial charge is 0.344 e. The highest BCUT2D eigenvalue weighted by atomic mass is 19.1. The lowest BCUT2D eigenvalue weighted by atomic mass is 10.1. The molecule has 0 aliphatic rings. The molecule has 3 aromatic rings. The molecule has 6 nitrogen and oxygen atoms in total. The van der Waals surface area contributed by atoms with E-state index in [9.17, 15) is 14.0 Å². The van der Waals surface area contributed by atoms with E-state index in [1.807, 2.05) is 6.92 Å². The van der Waals surface area contributed by atoms with Gasteiger partial charge in [-0.1, -0.05) is 11.2 Å². The number of hydrogen-bond acceptors (Lipinski definition) is 5. The molecule has 3 rings (SSSR count). The number of hydrogen-bond donors (Lipinski definition) is 0. The van der Waals surface area contributed by atoms with Crippen LogP contribution in [0, 0.1) is 33.5 Å². The van der Waals surface area contributed by atoms with Crippen LogP contribution in [0.2, 0.25) is 0 Å². The molecule has 0 unspecified atom stereocenters. The molecule has 0 bridgehead atoms. The number of esters is 1. The number of halogens is 1. The van der Waals surface area contributed by atoms with E-state index in [0.29, 0.717) is 28.4 Å². The van der Waals surface area contributed by atoms with Gasteiger partial charge in [0, 0.05) is 22.6 Å². The van der Waals surface area contributed by atoms with E-state index in [1.54, 1.807) is 43.5 Å². The van der Waals surface area contributed by atoms with Gasteiger partial charge in [-0.2, -0.15) is 0 Å². The van der Waals surface area contributed by atoms with Crippen molar-refractivity contribution in [1.29, 1.82) is 0 Å². The van der Waals surface area contributed by atoms with Crippen LogP contribution in [-0.4, -0.2) is 28.1 Å². The first-order valence-corrected chi connectivity index (χ1v) is 8.37. The minimum atomic E-state index is -0.654. The van der Waals surface area contributed by atoms with Crippen molar-refractivity contribution < 1.29 is 23.2 Å². The fourth-order valence-electron chi connectivity index (χ4n) is 3.11. The Morgan fingerprint density at radius 1 is 1.19 bits per heavy atom. The van der Waals surface area contributed by atoms with Gasteiger partial charge in [-0.3, -0.25) is 4.79 Å². The van der Waals surface area contributed by atoms with E-state index < -0.39 is 12.6 Å². The topological polar surface area (TPSA) is 74.3 Å². The molecule has 27 heavy (non-hydrogen) atoms. The van der Waals surface area contributed by atoms with Crippen molar-refractivity contribution in [3.8, 4) is 5.69 Å². The predicted molar refractivity (Wildman–Crippen MR) is 95.8 cm³/mol. The monoisotopic (exact) mass is 370 g/mol. The Morgan fingerprint density at radius 3 is 2.56 bits per heavy atom. The third-order valence-corrected chi connectivity index (χ3v) is 4.37. The van der Waals surface area contributed by atoms with Gasteiger partial charge < -0.3 is 13.8 Å². The van der Waals surface area contributed by atoms with Gasteiger partial charge in [-0.25, -0.2) is 9.18 Å². The maximum Gasteiger partial charge on any atom is 0.344 e. The van der Waals surface area contributed by atoms with E-state index in [1.165, 1.54) is 12.1 Å². The third kappa shape index (κ3) is 3.53. The van der Waals surface area contributed by atoms with Crippen molar-refractivity contribution in [2.45, 2.75) is 27.7 Å². The predicted octanol–water partition coefficient (Wildman–Crippen LogP) is 3.88. The molecule has 0 saturated carbocycles. The molecule has 0 amide bonds. The molecule has 0 atom stereocenters. The lowest BCUT2D eigenvalue weighted by molar-refractivity contribution is 0.0472. The van der Waals surface area contributed by atoms with Crippen LogP contribution in [0.25, 0.3) is 5.69 Å². The second kappa shape index (κ2) is 7.19. The van der Waals surface area contributed by atoms with Gasteiger partial charge in [0.1, 0.15) is 17.1 Å². The van der Waals surface area contributed by atoms with Crippen molar-refractivity contribution in [2.75, 3.05) is 6.61 Å². The number of ketones is 1. The van der Waals surface area contributed by atoms with Crippen molar-refractivity contribution >= 4 is 11.8 Å². The summed E-state index contributed by atoms with van der Waals surface area (Å²) in [4.78, 5) is 24.7. The summed E-state index contributed by atoms with van der Waals surface area (Å²) in [6, 6.07) is 7.82. The molecule has 0 aliphatic heterocycles. The van der Waals surface area contributed by atoms with Gasteiger partial charge in [-0.05, 0) is 52.0 Å². The van der Waals surface area contributed by atoms with E-state index in [-0.39, 0.29) is 17.2 Å². The summed E-state index contributed by atoms with van der Waals surface area (Å²) in [5.41, 5.74) is 3.11. The summed E-state index contributed by atoms with van der Waals surface area (Å²) < 4.78 is 25.4. The van der Waals surface area contributed by atoms with Crippen LogP contribution < -0.4 is 0 Å². The summed E-state index contributed by atoms with van der Waals surface area (Å²) >= 11 is 0. The van der Waals surface area contributed by atoms with Crippen LogP contribution in [0.4, 0.5) is 4.39 Å². The Labute approximate surface area is 155 Å². The quantitative estimate of drug-likeness (QED) is 0.503. The Hall–Kier alpha value is -3.22. The molecule has 2 aromatic heterocycles. The molecule has 0 radical (unpaired) electrons. The summed E-state index contributed by atoms with van der Waals surface area (Å²) in [6.45, 7) is 6.41. The van der Waals surface area contributed by atoms with E-state index in [0.717, 1.165) is 5.69 Å². The Bertz CT molecular complexity index is 1010. The van der Waals surface area contributed by atoms with Gasteiger partial charge in [0.25, 0.3) is 0 Å². The minimum Gasteiger partial charge on any atom is -0.454 e. The zero-order valence-corrected chi connectivity index (χ0v) is 15.5. The van der Waals surface area contributed by atoms with Gasteiger partial charge >= 0.3 is 5.97 Å². The minimum absolute atomic E-state index is 0.230. The molecule has 0 fully saturated rings. The number of carbonyl (C=O) groups excluding carboxylic acids is 2. The number of aryl methyl sites for hydroxylation is 3. The third-order valence-electron chi connectivity index (χ3n) is 4.37. The first kappa shape index (κ1) is 18.6. The van der Waals surface area contributed by atoms with Crippen LogP contribution in [-0.2, 0) is 4.74 Å². The fraction of sp³-hybridized carbons (Fsp3) is 0.250. The maximum atomic E-state index is 13.5. The molecule has 2 heterocycles. The molecule has 0 saturated heterocycles. The second-order valence-corrected chi connectivity index (χ2v) is 6.30. The van der Waals surface area contributed by atoms with Crippen molar-refractivity contribution in [3.05, 3.63) is 70.1 Å². The van der Waals surface area contributed by atoms with Crippen LogP contribution in [0.15, 0.2) is 34.9 Å². The Kier molecular flexibility index (Phi) is 4.94. The first-order chi connectivity index (χ1) is 12.8. The van der Waals surface area contributed by atoms with Gasteiger partial charge in [0.2, 0.25) is 5.78 Å². The summed E-state index contributed by atoms with van der Waals surface area (Å²) in [5.74, 6) is -1.01. The van der Waals surface area contributed by atoms with Crippen LogP contribution in [0.5, 0.6) is 0 Å². The van der Waals surface area contributed by atoms with Crippen molar-refractivity contribution in [1.82, 2.24) is 9.72 Å². The van der Waals surface area contributed by atoms with Gasteiger partial charge in [-0.15, -0.1) is 0 Å². The number of ether oxygens (including phenoxy) is 1. The molecular weight excluding hydrogens is 351 g/mol. The maximum absolute atomic E-state index is 13.5. The zero-order valence-electron chi connectivity index (χ0n) is 15.5. The highest BCUT2D eigenvalue weighted by Crippen LogP contribution is 2.22. The summed E-state index contributed by atoms with van der Waals surface area (Å²) in [6.07, 6.45) is 0. The number of benzene rings is 1. The average Bonchev–Trinajstić information content (AvgIpc) is 3.11. The Balaban J connectivity index is 1.80. The van der Waals surface area contributed by atoms with Crippen LogP contribution in [0.3, 0.4) is 0 Å². The lowest BCUT2D eigenvalue weighted by Gasteiger charge is -2.10. The molecule has 0 spiro atoms. The van der Waals surface area contributed by atoms with E-state index in [4.69, 9.17) is 9.26 Å². The number of carbonyl (C=O) groups is 2. The number of aromatic nitrogens is 2. The highest BCUT2D eigenvalue weighted by molar-refractivity contribution is 6.00. The standard InChI is InChI=1S/C20H19FN2O4/c1-11-8-17(13(3)23(11)16-7-5-6-15(21)9-16)18(24)10-26-20(25)19-12(2)22-27-14(19)4/h5-9H,10H2,1-4H3. The lowest BCUT2D eigenvalue weighted by Crippen LogP contribution is -2.16. The Morgan fingerprint density at radius 2 is 1.93 bits per heavy atom. The normalized spacial score (nSPS) is 10.9. The van der Waals surface area contributed by atoms with Gasteiger partial charge in [0.05, 0.1) is 5.69 Å². The molecule has 0 N–H and O–H groups in total. The zero-order chi connectivity index (χ0) is 19.7. The summed E-state index contributed by atoms with van der Waals surface area (Å²) in [5, 5.41) is 3.70. The first-order valence-electron chi connectivity index (χ1n) is 8.37. The SMILES string of the molecule is Cc1noc(C)c1C(=O)OCC(=O)c1cc(C)n(-c2cccc(F)c2)c1C. The number of rotatable bonds is 5. The number of Topliss-reactive ketones (excluding diaryl/α,β-unsaturated/α-hetero) is 1. The van der Waals surface area contributed by atoms with Crippen LogP contribution >= 0.6 is 0 Å². The summed E-state index contributed by atoms with van der Waals surface area (Å²) in [7, 11) is 0. The van der Waals surface area contributed by atoms with Crippen LogP contribution in [0.1, 0.15) is 43.6 Å². The van der Waals surface area contributed by atoms with E-state index in [2.05, 4.69) is 5.16 Å². The molecule has 0 aliphatic carbocycles. The molecule has 1 aromatic carbocycles. The average molecular weight is 370 g/mol.